The molecule has 4 nitrogen and oxygen atoms in total. The van der Waals surface area contributed by atoms with Crippen LogP contribution in [-0.4, -0.2) is 56.0 Å². The van der Waals surface area contributed by atoms with E-state index in [2.05, 4.69) is 11.9 Å². The molecular weight excluding hydrogens is 264 g/mol. The minimum atomic E-state index is -0.00412. The van der Waals surface area contributed by atoms with Crippen LogP contribution in [0.3, 0.4) is 0 Å². The second-order valence-corrected chi connectivity index (χ2v) is 5.33. The van der Waals surface area contributed by atoms with Crippen LogP contribution in [0.25, 0.3) is 0 Å². The quantitative estimate of drug-likeness (QED) is 0.832. The number of carbonyl (C=O) groups is 1. The summed E-state index contributed by atoms with van der Waals surface area (Å²) in [5.41, 5.74) is 1.51. The van der Waals surface area contributed by atoms with Crippen molar-refractivity contribution in [2.45, 2.75) is 6.92 Å². The predicted molar refractivity (Wildman–Crippen MR) is 76.1 cm³/mol. The topological polar surface area (TPSA) is 32.8 Å². The third kappa shape index (κ3) is 3.01. The van der Waals surface area contributed by atoms with Gasteiger partial charge in [0.15, 0.2) is 0 Å². The fraction of sp³-hybridized carbons (Fsp3) is 0.500. The molecule has 0 aromatic heterocycles. The van der Waals surface area contributed by atoms with Crippen molar-refractivity contribution < 1.29 is 9.53 Å². The number of hydrogen-bond acceptors (Lipinski definition) is 3. The SMILES string of the molecule is COc1c(Cl)cc(C)cc1C(=O)N1CCN(C)CC1. The third-order valence-electron chi connectivity index (χ3n) is 3.41. The van der Waals surface area contributed by atoms with Crippen molar-refractivity contribution in [3.63, 3.8) is 0 Å². The lowest BCUT2D eigenvalue weighted by molar-refractivity contribution is 0.0660. The van der Waals surface area contributed by atoms with Gasteiger partial charge in [0.05, 0.1) is 17.7 Å². The van der Waals surface area contributed by atoms with Crippen molar-refractivity contribution in [2.75, 3.05) is 40.3 Å². The lowest BCUT2D eigenvalue weighted by atomic mass is 10.1. The Labute approximate surface area is 118 Å². The van der Waals surface area contributed by atoms with Crippen molar-refractivity contribution in [3.8, 4) is 5.75 Å². The number of carbonyl (C=O) groups excluding carboxylic acids is 1. The van der Waals surface area contributed by atoms with Crippen molar-refractivity contribution in [1.82, 2.24) is 9.80 Å². The first-order chi connectivity index (χ1) is 9.02. The van der Waals surface area contributed by atoms with Gasteiger partial charge in [0.25, 0.3) is 5.91 Å². The van der Waals surface area contributed by atoms with E-state index in [9.17, 15) is 4.79 Å². The van der Waals surface area contributed by atoms with Gasteiger partial charge in [-0.1, -0.05) is 11.6 Å². The van der Waals surface area contributed by atoms with Crippen LogP contribution in [0.15, 0.2) is 12.1 Å². The van der Waals surface area contributed by atoms with E-state index in [1.165, 1.54) is 7.11 Å². The lowest BCUT2D eigenvalue weighted by Gasteiger charge is -2.32. The molecule has 1 fully saturated rings. The zero-order valence-corrected chi connectivity index (χ0v) is 12.3. The lowest BCUT2D eigenvalue weighted by Crippen LogP contribution is -2.47. The fourth-order valence-corrected chi connectivity index (χ4v) is 2.63. The van der Waals surface area contributed by atoms with Crippen LogP contribution in [0.4, 0.5) is 0 Å². The summed E-state index contributed by atoms with van der Waals surface area (Å²) in [5.74, 6) is 0.465. The van der Waals surface area contributed by atoms with E-state index in [1.807, 2.05) is 17.9 Å². The van der Waals surface area contributed by atoms with Crippen LogP contribution in [0.5, 0.6) is 5.75 Å². The molecular formula is C14H19ClN2O2. The highest BCUT2D eigenvalue weighted by Crippen LogP contribution is 2.31. The van der Waals surface area contributed by atoms with E-state index in [4.69, 9.17) is 16.3 Å². The second-order valence-electron chi connectivity index (χ2n) is 4.92. The van der Waals surface area contributed by atoms with Gasteiger partial charge < -0.3 is 14.5 Å². The number of amides is 1. The number of aryl methyl sites for hydroxylation is 1. The number of rotatable bonds is 2. The maximum Gasteiger partial charge on any atom is 0.257 e. The average molecular weight is 283 g/mol. The number of hydrogen-bond donors (Lipinski definition) is 0. The molecule has 1 amide bonds. The van der Waals surface area contributed by atoms with E-state index in [-0.39, 0.29) is 5.91 Å². The number of nitrogens with zero attached hydrogens (tertiary/aromatic N) is 2. The normalized spacial score (nSPS) is 16.5. The molecule has 1 aromatic carbocycles. The maximum absolute atomic E-state index is 12.6. The molecule has 2 rings (SSSR count). The maximum atomic E-state index is 12.6. The Bertz CT molecular complexity index is 483. The Kier molecular flexibility index (Phi) is 4.32. The Morgan fingerprint density at radius 3 is 2.47 bits per heavy atom. The molecule has 19 heavy (non-hydrogen) atoms. The predicted octanol–water partition coefficient (Wildman–Crippen LogP) is 2.04. The number of ether oxygens (including phenoxy) is 1. The standard InChI is InChI=1S/C14H19ClN2O2/c1-10-8-11(13(19-3)12(15)9-10)14(18)17-6-4-16(2)5-7-17/h8-9H,4-7H2,1-3H3. The molecule has 0 atom stereocenters. The van der Waals surface area contributed by atoms with Crippen molar-refractivity contribution in [2.24, 2.45) is 0 Å². The molecule has 0 spiro atoms. The number of likely N-dealkylation sites (N-methyl/N-ethyl adjacent to an activating group) is 1. The first-order valence-corrected chi connectivity index (χ1v) is 6.72. The zero-order chi connectivity index (χ0) is 14.0. The van der Waals surface area contributed by atoms with Crippen LogP contribution < -0.4 is 4.74 Å². The second kappa shape index (κ2) is 5.80. The summed E-state index contributed by atoms with van der Waals surface area (Å²) in [6.07, 6.45) is 0. The van der Waals surface area contributed by atoms with E-state index < -0.39 is 0 Å². The number of halogens is 1. The van der Waals surface area contributed by atoms with Crippen molar-refractivity contribution in [3.05, 3.63) is 28.3 Å². The van der Waals surface area contributed by atoms with Crippen LogP contribution in [-0.2, 0) is 0 Å². The molecule has 0 N–H and O–H groups in total. The highest BCUT2D eigenvalue weighted by atomic mass is 35.5. The monoisotopic (exact) mass is 282 g/mol. The largest absolute Gasteiger partial charge is 0.494 e. The first-order valence-electron chi connectivity index (χ1n) is 6.35. The van der Waals surface area contributed by atoms with E-state index in [0.717, 1.165) is 31.7 Å². The summed E-state index contributed by atoms with van der Waals surface area (Å²) >= 11 is 6.14. The Morgan fingerprint density at radius 1 is 1.26 bits per heavy atom. The summed E-state index contributed by atoms with van der Waals surface area (Å²) in [4.78, 5) is 16.6. The summed E-state index contributed by atoms with van der Waals surface area (Å²) in [7, 11) is 3.60. The van der Waals surface area contributed by atoms with Gasteiger partial charge in [-0.3, -0.25) is 4.79 Å². The summed E-state index contributed by atoms with van der Waals surface area (Å²) in [6, 6.07) is 3.65. The minimum Gasteiger partial charge on any atom is -0.494 e. The smallest absolute Gasteiger partial charge is 0.257 e. The molecule has 5 heteroatoms. The van der Waals surface area contributed by atoms with Crippen LogP contribution in [0, 0.1) is 6.92 Å². The molecule has 1 saturated heterocycles. The van der Waals surface area contributed by atoms with Gasteiger partial charge >= 0.3 is 0 Å². The molecule has 0 bridgehead atoms. The van der Waals surface area contributed by atoms with Gasteiger partial charge in [0.2, 0.25) is 0 Å². The zero-order valence-electron chi connectivity index (χ0n) is 11.6. The van der Waals surface area contributed by atoms with Crippen molar-refractivity contribution >= 4 is 17.5 Å². The molecule has 0 unspecified atom stereocenters. The number of piperazine rings is 1. The molecule has 0 aliphatic carbocycles. The minimum absolute atomic E-state index is 0.00412. The van der Waals surface area contributed by atoms with Crippen LogP contribution in [0.2, 0.25) is 5.02 Å². The van der Waals surface area contributed by atoms with Gasteiger partial charge in [0.1, 0.15) is 5.75 Å². The van der Waals surface area contributed by atoms with Gasteiger partial charge in [-0.25, -0.2) is 0 Å². The van der Waals surface area contributed by atoms with Gasteiger partial charge in [-0.15, -0.1) is 0 Å². The van der Waals surface area contributed by atoms with Crippen LogP contribution >= 0.6 is 11.6 Å². The van der Waals surface area contributed by atoms with Crippen LogP contribution in [0.1, 0.15) is 15.9 Å². The summed E-state index contributed by atoms with van der Waals surface area (Å²) in [5, 5.41) is 0.486. The molecule has 1 aliphatic heterocycles. The molecule has 0 saturated carbocycles. The Morgan fingerprint density at radius 2 is 1.89 bits per heavy atom. The molecule has 1 heterocycles. The first kappa shape index (κ1) is 14.2. The Balaban J connectivity index is 2.28. The molecule has 0 radical (unpaired) electrons. The number of methoxy groups -OCH3 is 1. The Hall–Kier alpha value is -1.26. The fourth-order valence-electron chi connectivity index (χ4n) is 2.28. The highest BCUT2D eigenvalue weighted by Gasteiger charge is 2.24. The van der Waals surface area contributed by atoms with E-state index >= 15 is 0 Å². The van der Waals surface area contributed by atoms with E-state index in [0.29, 0.717) is 16.3 Å². The van der Waals surface area contributed by atoms with Gasteiger partial charge in [-0.2, -0.15) is 0 Å². The van der Waals surface area contributed by atoms with E-state index in [1.54, 1.807) is 6.07 Å². The van der Waals surface area contributed by atoms with Gasteiger partial charge in [0, 0.05) is 26.2 Å². The highest BCUT2D eigenvalue weighted by molar-refractivity contribution is 6.32. The van der Waals surface area contributed by atoms with Crippen molar-refractivity contribution in [1.29, 1.82) is 0 Å². The summed E-state index contributed by atoms with van der Waals surface area (Å²) in [6.45, 7) is 5.20. The summed E-state index contributed by atoms with van der Waals surface area (Å²) < 4.78 is 5.27. The van der Waals surface area contributed by atoms with Gasteiger partial charge in [-0.05, 0) is 31.7 Å². The average Bonchev–Trinajstić information content (AvgIpc) is 2.38. The molecule has 1 aromatic rings. The molecule has 1 aliphatic rings. The number of benzene rings is 1. The molecule has 104 valence electrons. The third-order valence-corrected chi connectivity index (χ3v) is 3.69.